The average Bonchev–Trinajstić information content (AvgIpc) is 2.79. The van der Waals surface area contributed by atoms with E-state index in [2.05, 4.69) is 5.32 Å². The van der Waals surface area contributed by atoms with Crippen molar-refractivity contribution < 1.29 is 19.1 Å². The lowest BCUT2D eigenvalue weighted by atomic mass is 10.0. The van der Waals surface area contributed by atoms with Gasteiger partial charge in [0.25, 0.3) is 0 Å². The fourth-order valence-electron chi connectivity index (χ4n) is 2.27. The number of rotatable bonds is 4. The zero-order chi connectivity index (χ0) is 13.1. The Labute approximate surface area is 104 Å². The highest BCUT2D eigenvalue weighted by Gasteiger charge is 2.30. The van der Waals surface area contributed by atoms with Crippen molar-refractivity contribution in [2.45, 2.75) is 24.8 Å². The van der Waals surface area contributed by atoms with Gasteiger partial charge in [0, 0.05) is 0 Å². The number of halogens is 1. The van der Waals surface area contributed by atoms with E-state index in [1.54, 1.807) is 0 Å². The molecule has 0 aliphatic heterocycles. The zero-order valence-electron chi connectivity index (χ0n) is 9.73. The van der Waals surface area contributed by atoms with Crippen molar-refractivity contribution in [3.05, 3.63) is 35.4 Å². The highest BCUT2D eigenvalue weighted by atomic mass is 19.1. The number of amides is 1. The van der Waals surface area contributed by atoms with Gasteiger partial charge in [-0.1, -0.05) is 24.3 Å². The minimum atomic E-state index is -1.45. The molecule has 0 heterocycles. The first-order valence-electron chi connectivity index (χ1n) is 5.80. The molecule has 2 rings (SSSR count). The van der Waals surface area contributed by atoms with Crippen LogP contribution >= 0.6 is 0 Å². The van der Waals surface area contributed by atoms with E-state index >= 15 is 0 Å². The molecule has 2 N–H and O–H groups in total. The second-order valence-corrected chi connectivity index (χ2v) is 4.34. The molecule has 0 spiro atoms. The second-order valence-electron chi connectivity index (χ2n) is 4.34. The summed E-state index contributed by atoms with van der Waals surface area (Å²) in [5, 5.41) is 10.9. The SMILES string of the molecule is O=C(O)C(CF)NC(=O)C1CCc2ccccc21. The Hall–Kier alpha value is -1.91. The minimum absolute atomic E-state index is 0.366. The molecule has 18 heavy (non-hydrogen) atoms. The topological polar surface area (TPSA) is 66.4 Å². The van der Waals surface area contributed by atoms with E-state index in [1.165, 1.54) is 0 Å². The standard InChI is InChI=1S/C13H14FNO3/c14-7-11(13(17)18)15-12(16)10-6-5-8-3-1-2-4-9(8)10/h1-4,10-11H,5-7H2,(H,15,16)(H,17,18). The Balaban J connectivity index is 2.10. The lowest BCUT2D eigenvalue weighted by Gasteiger charge is -2.15. The molecule has 1 aliphatic rings. The summed E-state index contributed by atoms with van der Waals surface area (Å²) in [7, 11) is 0. The molecule has 4 nitrogen and oxygen atoms in total. The number of aryl methyl sites for hydroxylation is 1. The summed E-state index contributed by atoms with van der Waals surface area (Å²) in [6, 6.07) is 6.10. The van der Waals surface area contributed by atoms with Gasteiger partial charge in [0.15, 0.2) is 6.04 Å². The monoisotopic (exact) mass is 251 g/mol. The molecule has 1 aromatic carbocycles. The number of carboxylic acids is 1. The summed E-state index contributed by atoms with van der Waals surface area (Å²) >= 11 is 0. The highest BCUT2D eigenvalue weighted by Crippen LogP contribution is 2.32. The van der Waals surface area contributed by atoms with Gasteiger partial charge in [-0.25, -0.2) is 9.18 Å². The van der Waals surface area contributed by atoms with Crippen LogP contribution in [0.4, 0.5) is 4.39 Å². The number of hydrogen-bond acceptors (Lipinski definition) is 2. The number of aliphatic carboxylic acids is 1. The van der Waals surface area contributed by atoms with E-state index in [0.717, 1.165) is 17.5 Å². The second kappa shape index (κ2) is 5.16. The van der Waals surface area contributed by atoms with Gasteiger partial charge in [-0.15, -0.1) is 0 Å². The molecular formula is C13H14FNO3. The van der Waals surface area contributed by atoms with Crippen LogP contribution in [-0.4, -0.2) is 29.7 Å². The first-order chi connectivity index (χ1) is 8.63. The number of carbonyl (C=O) groups excluding carboxylic acids is 1. The van der Waals surface area contributed by atoms with Crippen LogP contribution in [0.15, 0.2) is 24.3 Å². The van der Waals surface area contributed by atoms with Gasteiger partial charge in [0.05, 0.1) is 5.92 Å². The van der Waals surface area contributed by atoms with Crippen molar-refractivity contribution in [1.29, 1.82) is 0 Å². The lowest BCUT2D eigenvalue weighted by molar-refractivity contribution is -0.142. The summed E-state index contributed by atoms with van der Waals surface area (Å²) in [5.74, 6) is -2.13. The van der Waals surface area contributed by atoms with E-state index in [-0.39, 0.29) is 5.92 Å². The van der Waals surface area contributed by atoms with Gasteiger partial charge in [-0.3, -0.25) is 4.79 Å². The molecular weight excluding hydrogens is 237 g/mol. The Morgan fingerprint density at radius 2 is 2.17 bits per heavy atom. The van der Waals surface area contributed by atoms with E-state index in [4.69, 9.17) is 5.11 Å². The number of nitrogens with one attached hydrogen (secondary N) is 1. The van der Waals surface area contributed by atoms with Gasteiger partial charge in [-0.05, 0) is 24.0 Å². The zero-order valence-corrected chi connectivity index (χ0v) is 9.73. The number of carboxylic acid groups (broad SMARTS) is 1. The van der Waals surface area contributed by atoms with Gasteiger partial charge in [-0.2, -0.15) is 0 Å². The molecule has 1 aromatic rings. The maximum Gasteiger partial charge on any atom is 0.328 e. The third kappa shape index (κ3) is 2.34. The number of carbonyl (C=O) groups is 2. The first-order valence-corrected chi connectivity index (χ1v) is 5.80. The maximum absolute atomic E-state index is 12.5. The van der Waals surface area contributed by atoms with Crippen LogP contribution < -0.4 is 5.32 Å². The Kier molecular flexibility index (Phi) is 3.60. The third-order valence-corrected chi connectivity index (χ3v) is 3.22. The molecule has 2 atom stereocenters. The summed E-state index contributed by atoms with van der Waals surface area (Å²) < 4.78 is 12.5. The summed E-state index contributed by atoms with van der Waals surface area (Å²) in [6.45, 7) is -1.10. The van der Waals surface area contributed by atoms with Crippen LogP contribution in [0.2, 0.25) is 0 Å². The first kappa shape index (κ1) is 12.5. The molecule has 0 radical (unpaired) electrons. The predicted octanol–water partition coefficient (Wildman–Crippen LogP) is 1.26. The molecule has 0 aromatic heterocycles. The normalized spacial score (nSPS) is 19.1. The summed E-state index contributed by atoms with van der Waals surface area (Å²) in [6.07, 6.45) is 1.44. The molecule has 0 fully saturated rings. The Morgan fingerprint density at radius 3 is 2.83 bits per heavy atom. The maximum atomic E-state index is 12.5. The number of hydrogen-bond donors (Lipinski definition) is 2. The van der Waals surface area contributed by atoms with Gasteiger partial charge < -0.3 is 10.4 Å². The van der Waals surface area contributed by atoms with Crippen molar-refractivity contribution >= 4 is 11.9 Å². The van der Waals surface area contributed by atoms with Gasteiger partial charge in [0.1, 0.15) is 6.67 Å². The molecule has 2 unspecified atom stereocenters. The fourth-order valence-corrected chi connectivity index (χ4v) is 2.27. The molecule has 1 aliphatic carbocycles. The van der Waals surface area contributed by atoms with E-state index in [1.807, 2.05) is 24.3 Å². The Bertz CT molecular complexity index is 475. The third-order valence-electron chi connectivity index (χ3n) is 3.22. The molecule has 0 bridgehead atoms. The summed E-state index contributed by atoms with van der Waals surface area (Å²) in [5.41, 5.74) is 2.02. The van der Waals surface area contributed by atoms with Crippen LogP contribution in [0.25, 0.3) is 0 Å². The van der Waals surface area contributed by atoms with Gasteiger partial charge in [0.2, 0.25) is 5.91 Å². The number of fused-ring (bicyclic) bond motifs is 1. The van der Waals surface area contributed by atoms with Crippen molar-refractivity contribution in [3.8, 4) is 0 Å². The predicted molar refractivity (Wildman–Crippen MR) is 63.0 cm³/mol. The van der Waals surface area contributed by atoms with Crippen LogP contribution in [0.3, 0.4) is 0 Å². The quantitative estimate of drug-likeness (QED) is 0.846. The van der Waals surface area contributed by atoms with Gasteiger partial charge >= 0.3 is 5.97 Å². The molecule has 5 heteroatoms. The van der Waals surface area contributed by atoms with Crippen molar-refractivity contribution in [3.63, 3.8) is 0 Å². The van der Waals surface area contributed by atoms with Crippen LogP contribution in [-0.2, 0) is 16.0 Å². The molecule has 0 saturated carbocycles. The van der Waals surface area contributed by atoms with E-state index in [9.17, 15) is 14.0 Å². The molecule has 1 amide bonds. The van der Waals surface area contributed by atoms with Crippen LogP contribution in [0.5, 0.6) is 0 Å². The smallest absolute Gasteiger partial charge is 0.328 e. The molecule has 96 valence electrons. The van der Waals surface area contributed by atoms with Crippen LogP contribution in [0.1, 0.15) is 23.5 Å². The minimum Gasteiger partial charge on any atom is -0.480 e. The highest BCUT2D eigenvalue weighted by molar-refractivity contribution is 5.89. The number of benzene rings is 1. The van der Waals surface area contributed by atoms with E-state index in [0.29, 0.717) is 6.42 Å². The van der Waals surface area contributed by atoms with Crippen molar-refractivity contribution in [2.24, 2.45) is 0 Å². The molecule has 0 saturated heterocycles. The number of alkyl halides is 1. The van der Waals surface area contributed by atoms with E-state index < -0.39 is 24.6 Å². The fraction of sp³-hybridized carbons (Fsp3) is 0.385. The van der Waals surface area contributed by atoms with Crippen molar-refractivity contribution in [2.75, 3.05) is 6.67 Å². The lowest BCUT2D eigenvalue weighted by Crippen LogP contribution is -2.44. The van der Waals surface area contributed by atoms with Crippen molar-refractivity contribution in [1.82, 2.24) is 5.32 Å². The largest absolute Gasteiger partial charge is 0.480 e. The Morgan fingerprint density at radius 1 is 1.44 bits per heavy atom. The summed E-state index contributed by atoms with van der Waals surface area (Å²) in [4.78, 5) is 22.6. The van der Waals surface area contributed by atoms with Crippen LogP contribution in [0, 0.1) is 0 Å². The average molecular weight is 251 g/mol.